The Morgan fingerprint density at radius 3 is 2.90 bits per heavy atom. The van der Waals surface area contributed by atoms with Crippen LogP contribution in [-0.2, 0) is 4.79 Å². The Morgan fingerprint density at radius 2 is 2.25 bits per heavy atom. The molecule has 0 unspecified atom stereocenters. The van der Waals surface area contributed by atoms with Crippen LogP contribution in [-0.4, -0.2) is 37.4 Å². The maximum absolute atomic E-state index is 12.0. The third-order valence-corrected chi connectivity index (χ3v) is 4.67. The molecule has 2 aliphatic rings. The van der Waals surface area contributed by atoms with Crippen LogP contribution in [0.2, 0.25) is 0 Å². The molecule has 2 saturated carbocycles. The van der Waals surface area contributed by atoms with Gasteiger partial charge in [-0.25, -0.2) is 4.68 Å². The van der Waals surface area contributed by atoms with E-state index in [4.69, 9.17) is 0 Å². The number of nitrogens with zero attached hydrogens (tertiary/aromatic N) is 5. The van der Waals surface area contributed by atoms with Crippen molar-refractivity contribution in [2.45, 2.75) is 55.3 Å². The standard InChI is InChI=1S/C12H16N6OS/c13-8-12(5-1-2-6-12)14-10(19)7-20-11-15-16-17-18(11)9-3-4-9/h9H,1-7H2,(H,14,19). The summed E-state index contributed by atoms with van der Waals surface area (Å²) in [4.78, 5) is 12.0. The molecular weight excluding hydrogens is 276 g/mol. The van der Waals surface area contributed by atoms with Gasteiger partial charge in [0.25, 0.3) is 0 Å². The van der Waals surface area contributed by atoms with Crippen LogP contribution in [0.4, 0.5) is 0 Å². The number of hydrogen-bond donors (Lipinski definition) is 1. The molecule has 0 spiro atoms. The van der Waals surface area contributed by atoms with Crippen molar-refractivity contribution in [3.05, 3.63) is 0 Å². The summed E-state index contributed by atoms with van der Waals surface area (Å²) in [7, 11) is 0. The summed E-state index contributed by atoms with van der Waals surface area (Å²) in [6.07, 6.45) is 5.70. The largest absolute Gasteiger partial charge is 0.337 e. The number of carbonyl (C=O) groups excluding carboxylic acids is 1. The minimum Gasteiger partial charge on any atom is -0.337 e. The summed E-state index contributed by atoms with van der Waals surface area (Å²) in [5, 5.41) is 24.3. The maximum Gasteiger partial charge on any atom is 0.231 e. The van der Waals surface area contributed by atoms with E-state index in [-0.39, 0.29) is 11.7 Å². The molecule has 2 aliphatic carbocycles. The Morgan fingerprint density at radius 1 is 1.50 bits per heavy atom. The van der Waals surface area contributed by atoms with E-state index in [0.29, 0.717) is 11.2 Å². The van der Waals surface area contributed by atoms with Crippen LogP contribution in [0.1, 0.15) is 44.6 Å². The summed E-state index contributed by atoms with van der Waals surface area (Å²) in [6.45, 7) is 0. The number of tetrazole rings is 1. The number of aromatic nitrogens is 4. The van der Waals surface area contributed by atoms with Crippen molar-refractivity contribution in [2.24, 2.45) is 0 Å². The van der Waals surface area contributed by atoms with E-state index < -0.39 is 5.54 Å². The quantitative estimate of drug-likeness (QED) is 0.815. The molecule has 1 amide bonds. The zero-order chi connectivity index (χ0) is 14.0. The van der Waals surface area contributed by atoms with E-state index in [1.807, 2.05) is 0 Å². The Bertz CT molecular complexity index is 540. The van der Waals surface area contributed by atoms with Gasteiger partial charge in [0.1, 0.15) is 5.54 Å². The first-order valence-corrected chi connectivity index (χ1v) is 7.84. The Hall–Kier alpha value is -1.62. The van der Waals surface area contributed by atoms with Crippen LogP contribution in [0.5, 0.6) is 0 Å². The molecule has 3 rings (SSSR count). The highest BCUT2D eigenvalue weighted by Gasteiger charge is 2.35. The lowest BCUT2D eigenvalue weighted by Gasteiger charge is -2.21. The molecule has 7 nitrogen and oxygen atoms in total. The summed E-state index contributed by atoms with van der Waals surface area (Å²) in [5.74, 6) is 0.125. The van der Waals surface area contributed by atoms with Gasteiger partial charge in [-0.15, -0.1) is 5.10 Å². The van der Waals surface area contributed by atoms with E-state index in [1.165, 1.54) is 11.8 Å². The van der Waals surface area contributed by atoms with E-state index >= 15 is 0 Å². The number of hydrogen-bond acceptors (Lipinski definition) is 6. The molecule has 1 N–H and O–H groups in total. The molecule has 0 bridgehead atoms. The van der Waals surface area contributed by atoms with Gasteiger partial charge in [0.2, 0.25) is 11.1 Å². The van der Waals surface area contributed by atoms with Crippen molar-refractivity contribution in [1.82, 2.24) is 25.5 Å². The smallest absolute Gasteiger partial charge is 0.231 e. The zero-order valence-electron chi connectivity index (χ0n) is 11.1. The molecule has 20 heavy (non-hydrogen) atoms. The molecular formula is C12H16N6OS. The molecule has 1 heterocycles. The van der Waals surface area contributed by atoms with Crippen molar-refractivity contribution < 1.29 is 4.79 Å². The second kappa shape index (κ2) is 5.40. The topological polar surface area (TPSA) is 96.5 Å². The molecule has 1 aromatic rings. The Labute approximate surface area is 121 Å². The van der Waals surface area contributed by atoms with Gasteiger partial charge >= 0.3 is 0 Å². The number of thioether (sulfide) groups is 1. The molecule has 0 aliphatic heterocycles. The fourth-order valence-electron chi connectivity index (χ4n) is 2.51. The van der Waals surface area contributed by atoms with Crippen molar-refractivity contribution >= 4 is 17.7 Å². The van der Waals surface area contributed by atoms with E-state index in [1.54, 1.807) is 4.68 Å². The molecule has 1 aromatic heterocycles. The Kier molecular flexibility index (Phi) is 3.61. The zero-order valence-corrected chi connectivity index (χ0v) is 11.9. The van der Waals surface area contributed by atoms with Gasteiger partial charge in [-0.2, -0.15) is 5.26 Å². The van der Waals surface area contributed by atoms with Gasteiger partial charge in [0.15, 0.2) is 0 Å². The van der Waals surface area contributed by atoms with Gasteiger partial charge in [-0.3, -0.25) is 4.79 Å². The van der Waals surface area contributed by atoms with Crippen LogP contribution in [0.25, 0.3) is 0 Å². The lowest BCUT2D eigenvalue weighted by molar-refractivity contribution is -0.119. The maximum atomic E-state index is 12.0. The lowest BCUT2D eigenvalue weighted by Crippen LogP contribution is -2.45. The SMILES string of the molecule is N#CC1(NC(=O)CSc2nnnn2C2CC2)CCCC1. The summed E-state index contributed by atoms with van der Waals surface area (Å²) in [6, 6.07) is 2.65. The van der Waals surface area contributed by atoms with Crippen molar-refractivity contribution in [3.8, 4) is 6.07 Å². The summed E-state index contributed by atoms with van der Waals surface area (Å²) >= 11 is 1.33. The van der Waals surface area contributed by atoms with Gasteiger partial charge in [0, 0.05) is 0 Å². The van der Waals surface area contributed by atoms with Gasteiger partial charge < -0.3 is 5.32 Å². The number of rotatable bonds is 5. The highest BCUT2D eigenvalue weighted by Crippen LogP contribution is 2.36. The number of nitriles is 1. The Balaban J connectivity index is 1.54. The van der Waals surface area contributed by atoms with Crippen LogP contribution in [0.3, 0.4) is 0 Å². The van der Waals surface area contributed by atoms with Gasteiger partial charge in [-0.05, 0) is 49.0 Å². The molecule has 0 atom stereocenters. The predicted molar refractivity (Wildman–Crippen MR) is 71.8 cm³/mol. The number of nitrogens with one attached hydrogen (secondary N) is 1. The van der Waals surface area contributed by atoms with E-state index in [2.05, 4.69) is 26.9 Å². The fourth-order valence-corrected chi connectivity index (χ4v) is 3.25. The molecule has 0 aromatic carbocycles. The second-order valence-corrected chi connectivity index (χ2v) is 6.32. The van der Waals surface area contributed by atoms with Gasteiger partial charge in [0.05, 0.1) is 17.9 Å². The first-order valence-electron chi connectivity index (χ1n) is 6.85. The molecule has 0 saturated heterocycles. The first kappa shape index (κ1) is 13.4. The third-order valence-electron chi connectivity index (χ3n) is 3.74. The second-order valence-electron chi connectivity index (χ2n) is 5.38. The van der Waals surface area contributed by atoms with Crippen LogP contribution >= 0.6 is 11.8 Å². The highest BCUT2D eigenvalue weighted by molar-refractivity contribution is 7.99. The van der Waals surface area contributed by atoms with Crippen LogP contribution < -0.4 is 5.32 Å². The predicted octanol–water partition coefficient (Wildman–Crippen LogP) is 1.05. The van der Waals surface area contributed by atoms with E-state index in [9.17, 15) is 10.1 Å². The fraction of sp³-hybridized carbons (Fsp3) is 0.750. The number of amides is 1. The normalized spacial score (nSPS) is 20.6. The van der Waals surface area contributed by atoms with Crippen molar-refractivity contribution in [2.75, 3.05) is 5.75 Å². The molecule has 0 radical (unpaired) electrons. The van der Waals surface area contributed by atoms with E-state index in [0.717, 1.165) is 38.5 Å². The minimum atomic E-state index is -0.653. The first-order chi connectivity index (χ1) is 9.72. The monoisotopic (exact) mass is 292 g/mol. The average molecular weight is 292 g/mol. The summed E-state index contributed by atoms with van der Waals surface area (Å²) in [5.41, 5.74) is -0.653. The van der Waals surface area contributed by atoms with Crippen LogP contribution in [0, 0.1) is 11.3 Å². The third kappa shape index (κ3) is 2.77. The van der Waals surface area contributed by atoms with Crippen molar-refractivity contribution in [1.29, 1.82) is 5.26 Å². The highest BCUT2D eigenvalue weighted by atomic mass is 32.2. The molecule has 106 valence electrons. The van der Waals surface area contributed by atoms with Crippen LogP contribution in [0.15, 0.2) is 5.16 Å². The summed E-state index contributed by atoms with van der Waals surface area (Å²) < 4.78 is 1.79. The van der Waals surface area contributed by atoms with Crippen molar-refractivity contribution in [3.63, 3.8) is 0 Å². The lowest BCUT2D eigenvalue weighted by atomic mass is 10.0. The number of carbonyl (C=O) groups is 1. The minimum absolute atomic E-state index is 0.121. The molecule has 8 heteroatoms. The van der Waals surface area contributed by atoms with Gasteiger partial charge in [-0.1, -0.05) is 11.8 Å². The average Bonchev–Trinajstić information content (AvgIpc) is 3.01. The molecule has 2 fully saturated rings.